The molecule has 0 unspecified atom stereocenters. The summed E-state index contributed by atoms with van der Waals surface area (Å²) < 4.78 is 9.00. The van der Waals surface area contributed by atoms with Gasteiger partial charge in [-0.15, -0.1) is 0 Å². The Morgan fingerprint density at radius 3 is 2.24 bits per heavy atom. The van der Waals surface area contributed by atoms with Crippen molar-refractivity contribution in [1.82, 2.24) is 4.57 Å². The van der Waals surface area contributed by atoms with E-state index in [2.05, 4.69) is 6.92 Å². The molecule has 0 saturated heterocycles. The number of rotatable bonds is 12. The third-order valence-corrected chi connectivity index (χ3v) is 3.68. The van der Waals surface area contributed by atoms with Crippen molar-refractivity contribution >= 4 is 5.97 Å². The summed E-state index contributed by atoms with van der Waals surface area (Å²) in [5, 5.41) is 0. The number of carbonyl (C=O) groups excluding carboxylic acids is 1. The zero-order valence-electron chi connectivity index (χ0n) is 13.7. The second-order valence-corrected chi connectivity index (χ2v) is 5.82. The summed E-state index contributed by atoms with van der Waals surface area (Å²) in [4.78, 5) is 11.6. The summed E-state index contributed by atoms with van der Waals surface area (Å²) in [6, 6.07) is 0. The van der Waals surface area contributed by atoms with E-state index in [1.807, 2.05) is 34.9 Å². The summed E-state index contributed by atoms with van der Waals surface area (Å²) >= 11 is 0. The quantitative estimate of drug-likeness (QED) is 0.334. The predicted octanol–water partition coefficient (Wildman–Crippen LogP) is 3.73. The number of aromatic nitrogens is 2. The number of hydrogen-bond donors (Lipinski definition) is 0. The second-order valence-electron chi connectivity index (χ2n) is 5.82. The Balaban J connectivity index is 1.89. The fraction of sp³-hybridized carbons (Fsp3) is 0.765. The van der Waals surface area contributed by atoms with Crippen LogP contribution in [0.15, 0.2) is 18.7 Å². The van der Waals surface area contributed by atoms with E-state index in [1.54, 1.807) is 0 Å². The number of carbonyl (C=O) groups is 1. The molecule has 1 heterocycles. The molecule has 0 fully saturated rings. The van der Waals surface area contributed by atoms with Gasteiger partial charge in [-0.2, -0.15) is 0 Å². The van der Waals surface area contributed by atoms with Gasteiger partial charge >= 0.3 is 5.97 Å². The Morgan fingerprint density at radius 1 is 1.05 bits per heavy atom. The van der Waals surface area contributed by atoms with Gasteiger partial charge in [-0.25, -0.2) is 9.13 Å². The molecule has 1 aromatic rings. The fourth-order valence-corrected chi connectivity index (χ4v) is 2.38. The highest BCUT2D eigenvalue weighted by Crippen LogP contribution is 2.10. The molecule has 0 saturated carbocycles. The van der Waals surface area contributed by atoms with Gasteiger partial charge in [0.1, 0.15) is 12.4 Å². The van der Waals surface area contributed by atoms with Crippen LogP contribution in [-0.4, -0.2) is 10.5 Å². The highest BCUT2D eigenvalue weighted by atomic mass is 16.5. The highest BCUT2D eigenvalue weighted by molar-refractivity contribution is 5.69. The van der Waals surface area contributed by atoms with E-state index in [9.17, 15) is 4.79 Å². The number of imidazole rings is 1. The molecule has 0 aliphatic heterocycles. The van der Waals surface area contributed by atoms with Crippen LogP contribution in [0.25, 0.3) is 0 Å². The Hall–Kier alpha value is -1.32. The minimum atomic E-state index is -0.0886. The van der Waals surface area contributed by atoms with Crippen molar-refractivity contribution in [2.45, 2.75) is 77.9 Å². The van der Waals surface area contributed by atoms with Crippen LogP contribution < -0.4 is 4.57 Å². The van der Waals surface area contributed by atoms with Gasteiger partial charge < -0.3 is 4.74 Å². The maximum absolute atomic E-state index is 11.6. The predicted molar refractivity (Wildman–Crippen MR) is 83.5 cm³/mol. The van der Waals surface area contributed by atoms with Crippen molar-refractivity contribution in [3.63, 3.8) is 0 Å². The Morgan fingerprint density at radius 2 is 1.67 bits per heavy atom. The molecule has 120 valence electrons. The van der Waals surface area contributed by atoms with Crippen LogP contribution in [0.4, 0.5) is 0 Å². The lowest BCUT2D eigenvalue weighted by molar-refractivity contribution is -0.671. The van der Waals surface area contributed by atoms with Crippen molar-refractivity contribution in [3.05, 3.63) is 18.7 Å². The van der Waals surface area contributed by atoms with Gasteiger partial charge in [0, 0.05) is 6.42 Å². The molecular formula is C17H31N2O2+. The number of ether oxygens (including phenoxy) is 1. The number of unbranched alkanes of at least 4 members (excludes halogenated alkanes) is 8. The molecule has 0 atom stereocenters. The number of aryl methyl sites for hydroxylation is 1. The normalized spacial score (nSPS) is 10.8. The molecule has 0 N–H and O–H groups in total. The van der Waals surface area contributed by atoms with Crippen LogP contribution in [0.2, 0.25) is 0 Å². The van der Waals surface area contributed by atoms with Crippen LogP contribution in [0.1, 0.15) is 71.1 Å². The molecule has 4 heteroatoms. The third-order valence-electron chi connectivity index (χ3n) is 3.68. The van der Waals surface area contributed by atoms with Gasteiger partial charge in [0.05, 0.1) is 7.05 Å². The average molecular weight is 295 g/mol. The summed E-state index contributed by atoms with van der Waals surface area (Å²) in [5.41, 5.74) is 0. The molecule has 1 rings (SSSR count). The van der Waals surface area contributed by atoms with E-state index in [0.29, 0.717) is 13.2 Å². The van der Waals surface area contributed by atoms with E-state index in [0.717, 1.165) is 12.8 Å². The van der Waals surface area contributed by atoms with E-state index in [-0.39, 0.29) is 5.97 Å². The lowest BCUT2D eigenvalue weighted by atomic mass is 10.1. The molecule has 1 aromatic heterocycles. The molecule has 21 heavy (non-hydrogen) atoms. The lowest BCUT2D eigenvalue weighted by Crippen LogP contribution is -2.24. The first-order valence-electron chi connectivity index (χ1n) is 8.39. The van der Waals surface area contributed by atoms with Gasteiger partial charge in [-0.1, -0.05) is 58.3 Å². The zero-order chi connectivity index (χ0) is 15.3. The SMILES string of the molecule is CCCCCCCCCCCC(=O)OCn1cc[n+](C)c1. The first kappa shape index (κ1) is 17.7. The Labute approximate surface area is 129 Å². The van der Waals surface area contributed by atoms with E-state index in [1.165, 1.54) is 44.9 Å². The van der Waals surface area contributed by atoms with Crippen molar-refractivity contribution in [2.75, 3.05) is 0 Å². The van der Waals surface area contributed by atoms with Crippen LogP contribution in [-0.2, 0) is 23.3 Å². The van der Waals surface area contributed by atoms with Gasteiger partial charge in [-0.05, 0) is 6.42 Å². The third kappa shape index (κ3) is 9.27. The maximum Gasteiger partial charge on any atom is 0.308 e. The first-order valence-corrected chi connectivity index (χ1v) is 8.39. The average Bonchev–Trinajstić information content (AvgIpc) is 2.89. The van der Waals surface area contributed by atoms with E-state index >= 15 is 0 Å². The Kier molecular flexibility index (Phi) is 9.58. The number of esters is 1. The second kappa shape index (κ2) is 11.4. The zero-order valence-corrected chi connectivity index (χ0v) is 13.7. The van der Waals surface area contributed by atoms with Crippen molar-refractivity contribution in [2.24, 2.45) is 7.05 Å². The molecule has 0 amide bonds. The summed E-state index contributed by atoms with van der Waals surface area (Å²) in [6.45, 7) is 2.56. The van der Waals surface area contributed by atoms with Crippen LogP contribution in [0.3, 0.4) is 0 Å². The molecule has 0 bridgehead atoms. The molecule has 0 radical (unpaired) electrons. The van der Waals surface area contributed by atoms with Gasteiger partial charge in [0.15, 0.2) is 0 Å². The minimum Gasteiger partial charge on any atom is -0.425 e. The fourth-order valence-electron chi connectivity index (χ4n) is 2.38. The van der Waals surface area contributed by atoms with E-state index < -0.39 is 0 Å². The first-order chi connectivity index (χ1) is 10.2. The lowest BCUT2D eigenvalue weighted by Gasteiger charge is -2.03. The minimum absolute atomic E-state index is 0.0886. The molecule has 4 nitrogen and oxygen atoms in total. The largest absolute Gasteiger partial charge is 0.425 e. The van der Waals surface area contributed by atoms with Crippen LogP contribution in [0.5, 0.6) is 0 Å². The molecule has 0 aromatic carbocycles. The summed E-state index contributed by atoms with van der Waals surface area (Å²) in [6.07, 6.45) is 17.7. The van der Waals surface area contributed by atoms with Crippen LogP contribution >= 0.6 is 0 Å². The van der Waals surface area contributed by atoms with Gasteiger partial charge in [-0.3, -0.25) is 4.79 Å². The number of nitrogens with zero attached hydrogens (tertiary/aromatic N) is 2. The highest BCUT2D eigenvalue weighted by Gasteiger charge is 2.05. The number of hydrogen-bond acceptors (Lipinski definition) is 2. The van der Waals surface area contributed by atoms with Gasteiger partial charge in [0.25, 0.3) is 0 Å². The Bertz CT molecular complexity index is 388. The standard InChI is InChI=1S/C17H31N2O2/c1-3-4-5-6-7-8-9-10-11-12-17(20)21-16-19-14-13-18(2)15-19/h13-15H,3-12,16H2,1-2H3/q+1. The molecule has 0 aliphatic rings. The molecule has 0 aliphatic carbocycles. The molecule has 0 spiro atoms. The van der Waals surface area contributed by atoms with Crippen molar-refractivity contribution in [3.8, 4) is 0 Å². The topological polar surface area (TPSA) is 35.1 Å². The summed E-state index contributed by atoms with van der Waals surface area (Å²) in [7, 11) is 1.95. The smallest absolute Gasteiger partial charge is 0.308 e. The van der Waals surface area contributed by atoms with Crippen molar-refractivity contribution in [1.29, 1.82) is 0 Å². The van der Waals surface area contributed by atoms with Crippen LogP contribution in [0, 0.1) is 0 Å². The summed E-state index contributed by atoms with van der Waals surface area (Å²) in [5.74, 6) is -0.0886. The van der Waals surface area contributed by atoms with E-state index in [4.69, 9.17) is 4.74 Å². The van der Waals surface area contributed by atoms with Crippen molar-refractivity contribution < 1.29 is 14.1 Å². The monoisotopic (exact) mass is 295 g/mol. The molecular weight excluding hydrogens is 264 g/mol. The van der Waals surface area contributed by atoms with Gasteiger partial charge in [0.2, 0.25) is 13.1 Å². The maximum atomic E-state index is 11.6.